The zero-order valence-electron chi connectivity index (χ0n) is 17.0. The van der Waals surface area contributed by atoms with Crippen molar-refractivity contribution in [2.45, 2.75) is 18.9 Å². The van der Waals surface area contributed by atoms with Gasteiger partial charge in [0.15, 0.2) is 11.5 Å². The number of amides is 1. The highest BCUT2D eigenvalue weighted by Gasteiger charge is 2.20. The zero-order valence-corrected chi connectivity index (χ0v) is 17.0. The van der Waals surface area contributed by atoms with Crippen molar-refractivity contribution in [2.24, 2.45) is 0 Å². The first kappa shape index (κ1) is 20.0. The van der Waals surface area contributed by atoms with Crippen LogP contribution in [0.15, 0.2) is 36.4 Å². The lowest BCUT2D eigenvalue weighted by molar-refractivity contribution is 0.0917. The first-order valence-corrected chi connectivity index (χ1v) is 9.45. The standard InChI is InChI=1S/C22H28N2O4/c1-24-10-8-18(9-11-24)23-22(25)16-7-5-6-15(12-16)17-13-19(26-2)21(28-4)20(14-17)27-3/h5-7,12-14,18H,8-11H2,1-4H3,(H,23,25). The van der Waals surface area contributed by atoms with E-state index in [4.69, 9.17) is 14.2 Å². The molecule has 6 heteroatoms. The quantitative estimate of drug-likeness (QED) is 0.829. The number of carbonyl (C=O) groups excluding carboxylic acids is 1. The molecule has 28 heavy (non-hydrogen) atoms. The second kappa shape index (κ2) is 8.97. The van der Waals surface area contributed by atoms with Gasteiger partial charge in [-0.3, -0.25) is 4.79 Å². The number of rotatable bonds is 6. The van der Waals surface area contributed by atoms with Crippen molar-refractivity contribution >= 4 is 5.91 Å². The van der Waals surface area contributed by atoms with Crippen LogP contribution in [0.5, 0.6) is 17.2 Å². The molecule has 1 aliphatic rings. The van der Waals surface area contributed by atoms with Crippen LogP contribution in [0.25, 0.3) is 11.1 Å². The summed E-state index contributed by atoms with van der Waals surface area (Å²) in [5.74, 6) is 1.67. The summed E-state index contributed by atoms with van der Waals surface area (Å²) in [6.45, 7) is 2.02. The number of nitrogens with one attached hydrogen (secondary N) is 1. The van der Waals surface area contributed by atoms with Gasteiger partial charge in [0, 0.05) is 11.6 Å². The monoisotopic (exact) mass is 384 g/mol. The van der Waals surface area contributed by atoms with E-state index in [0.717, 1.165) is 37.1 Å². The topological polar surface area (TPSA) is 60.0 Å². The molecule has 0 radical (unpaired) electrons. The molecule has 0 spiro atoms. The number of hydrogen-bond donors (Lipinski definition) is 1. The van der Waals surface area contributed by atoms with Crippen LogP contribution >= 0.6 is 0 Å². The normalized spacial score (nSPS) is 15.1. The Morgan fingerprint density at radius 3 is 2.18 bits per heavy atom. The van der Waals surface area contributed by atoms with Crippen LogP contribution in [0, 0.1) is 0 Å². The largest absolute Gasteiger partial charge is 0.493 e. The second-order valence-electron chi connectivity index (χ2n) is 7.05. The lowest BCUT2D eigenvalue weighted by Gasteiger charge is -2.29. The fourth-order valence-electron chi connectivity index (χ4n) is 3.51. The first-order valence-electron chi connectivity index (χ1n) is 9.45. The summed E-state index contributed by atoms with van der Waals surface area (Å²) in [6.07, 6.45) is 1.96. The molecule has 2 aromatic carbocycles. The molecule has 3 rings (SSSR count). The molecule has 1 N–H and O–H groups in total. The van der Waals surface area contributed by atoms with Gasteiger partial charge in [0.25, 0.3) is 5.91 Å². The van der Waals surface area contributed by atoms with Crippen molar-refractivity contribution in [3.63, 3.8) is 0 Å². The van der Waals surface area contributed by atoms with E-state index in [-0.39, 0.29) is 11.9 Å². The number of hydrogen-bond acceptors (Lipinski definition) is 5. The van der Waals surface area contributed by atoms with E-state index in [1.54, 1.807) is 21.3 Å². The molecule has 1 amide bonds. The Hall–Kier alpha value is -2.73. The third-order valence-electron chi connectivity index (χ3n) is 5.18. The minimum Gasteiger partial charge on any atom is -0.493 e. The van der Waals surface area contributed by atoms with Gasteiger partial charge >= 0.3 is 0 Å². The summed E-state index contributed by atoms with van der Waals surface area (Å²) < 4.78 is 16.3. The highest BCUT2D eigenvalue weighted by molar-refractivity contribution is 5.95. The van der Waals surface area contributed by atoms with E-state index in [1.165, 1.54) is 0 Å². The van der Waals surface area contributed by atoms with E-state index in [1.807, 2.05) is 36.4 Å². The van der Waals surface area contributed by atoms with E-state index in [9.17, 15) is 4.79 Å². The maximum Gasteiger partial charge on any atom is 0.251 e. The molecule has 6 nitrogen and oxygen atoms in total. The Kier molecular flexibility index (Phi) is 6.41. The Bertz CT molecular complexity index is 804. The molecule has 0 bridgehead atoms. The van der Waals surface area contributed by atoms with Gasteiger partial charge in [-0.2, -0.15) is 0 Å². The zero-order chi connectivity index (χ0) is 20.1. The summed E-state index contributed by atoms with van der Waals surface area (Å²) in [4.78, 5) is 15.0. The molecule has 0 aromatic heterocycles. The van der Waals surface area contributed by atoms with Crippen LogP contribution < -0.4 is 19.5 Å². The van der Waals surface area contributed by atoms with Crippen LogP contribution in [-0.2, 0) is 0 Å². The van der Waals surface area contributed by atoms with Crippen LogP contribution in [0.3, 0.4) is 0 Å². The molecule has 2 aromatic rings. The third-order valence-corrected chi connectivity index (χ3v) is 5.18. The fraction of sp³-hybridized carbons (Fsp3) is 0.409. The Morgan fingerprint density at radius 1 is 0.964 bits per heavy atom. The molecule has 150 valence electrons. The number of likely N-dealkylation sites (tertiary alicyclic amines) is 1. The second-order valence-corrected chi connectivity index (χ2v) is 7.05. The average molecular weight is 384 g/mol. The highest BCUT2D eigenvalue weighted by atomic mass is 16.5. The third kappa shape index (κ3) is 4.39. The van der Waals surface area contributed by atoms with Crippen molar-refractivity contribution in [1.82, 2.24) is 10.2 Å². The number of carbonyl (C=O) groups is 1. The van der Waals surface area contributed by atoms with Gasteiger partial charge in [0.05, 0.1) is 21.3 Å². The predicted octanol–water partition coefficient (Wildman–Crippen LogP) is 3.20. The average Bonchev–Trinajstić information content (AvgIpc) is 2.74. The van der Waals surface area contributed by atoms with Gasteiger partial charge in [-0.25, -0.2) is 0 Å². The molecule has 0 aliphatic carbocycles. The molecule has 1 saturated heterocycles. The molecular weight excluding hydrogens is 356 g/mol. The number of methoxy groups -OCH3 is 3. The minimum absolute atomic E-state index is 0.0381. The molecule has 0 atom stereocenters. The molecule has 0 unspecified atom stereocenters. The molecule has 1 aliphatic heterocycles. The van der Waals surface area contributed by atoms with Crippen molar-refractivity contribution in [1.29, 1.82) is 0 Å². The van der Waals surface area contributed by atoms with Crippen molar-refractivity contribution in [3.05, 3.63) is 42.0 Å². The Labute approximate surface area is 166 Å². The van der Waals surface area contributed by atoms with Gasteiger partial charge in [0.2, 0.25) is 5.75 Å². The number of nitrogens with zero attached hydrogens (tertiary/aromatic N) is 1. The van der Waals surface area contributed by atoms with Gasteiger partial charge in [-0.05, 0) is 68.4 Å². The van der Waals surface area contributed by atoms with Gasteiger partial charge in [-0.15, -0.1) is 0 Å². The Morgan fingerprint density at radius 2 is 1.61 bits per heavy atom. The molecule has 1 heterocycles. The van der Waals surface area contributed by atoms with E-state index < -0.39 is 0 Å². The fourth-order valence-corrected chi connectivity index (χ4v) is 3.51. The molecule has 1 fully saturated rings. The SMILES string of the molecule is COc1cc(-c2cccc(C(=O)NC3CCN(C)CC3)c2)cc(OC)c1OC. The van der Waals surface area contributed by atoms with E-state index >= 15 is 0 Å². The van der Waals surface area contributed by atoms with Crippen LogP contribution in [0.1, 0.15) is 23.2 Å². The van der Waals surface area contributed by atoms with E-state index in [2.05, 4.69) is 17.3 Å². The first-order chi connectivity index (χ1) is 13.5. The molecular formula is C22H28N2O4. The van der Waals surface area contributed by atoms with Crippen molar-refractivity contribution < 1.29 is 19.0 Å². The summed E-state index contributed by atoms with van der Waals surface area (Å²) in [6, 6.07) is 11.6. The number of piperidine rings is 1. The smallest absolute Gasteiger partial charge is 0.251 e. The van der Waals surface area contributed by atoms with Crippen LogP contribution in [0.2, 0.25) is 0 Å². The maximum absolute atomic E-state index is 12.7. The van der Waals surface area contributed by atoms with Gasteiger partial charge < -0.3 is 24.4 Å². The summed E-state index contributed by atoms with van der Waals surface area (Å²) in [5, 5.41) is 3.16. The van der Waals surface area contributed by atoms with Gasteiger partial charge in [0.1, 0.15) is 0 Å². The lowest BCUT2D eigenvalue weighted by Crippen LogP contribution is -2.43. The van der Waals surface area contributed by atoms with E-state index in [0.29, 0.717) is 22.8 Å². The Balaban J connectivity index is 1.84. The van der Waals surface area contributed by atoms with Gasteiger partial charge in [-0.1, -0.05) is 12.1 Å². The number of ether oxygens (including phenoxy) is 3. The molecule has 0 saturated carbocycles. The van der Waals surface area contributed by atoms with Crippen molar-refractivity contribution in [2.75, 3.05) is 41.5 Å². The summed E-state index contributed by atoms with van der Waals surface area (Å²) in [7, 11) is 6.87. The van der Waals surface area contributed by atoms with Crippen LogP contribution in [0.4, 0.5) is 0 Å². The summed E-state index contributed by atoms with van der Waals surface area (Å²) >= 11 is 0. The summed E-state index contributed by atoms with van der Waals surface area (Å²) in [5.41, 5.74) is 2.45. The highest BCUT2D eigenvalue weighted by Crippen LogP contribution is 2.41. The maximum atomic E-state index is 12.7. The van der Waals surface area contributed by atoms with Crippen molar-refractivity contribution in [3.8, 4) is 28.4 Å². The van der Waals surface area contributed by atoms with Crippen LogP contribution in [-0.4, -0.2) is 58.3 Å². The lowest BCUT2D eigenvalue weighted by atomic mass is 10.0. The number of benzene rings is 2. The predicted molar refractivity (Wildman–Crippen MR) is 110 cm³/mol. The minimum atomic E-state index is -0.0381.